The van der Waals surface area contributed by atoms with Crippen LogP contribution in [0.2, 0.25) is 0 Å². The van der Waals surface area contributed by atoms with Crippen molar-refractivity contribution in [3.8, 4) is 5.75 Å². The Morgan fingerprint density at radius 3 is 2.45 bits per heavy atom. The van der Waals surface area contributed by atoms with E-state index in [9.17, 15) is 9.59 Å². The summed E-state index contributed by atoms with van der Waals surface area (Å²) in [5.41, 5.74) is 7.41. The third-order valence-corrected chi connectivity index (χ3v) is 5.26. The first-order valence-electron chi connectivity index (χ1n) is 10.3. The highest BCUT2D eigenvalue weighted by molar-refractivity contribution is 9.10. The molecule has 2 aromatic rings. The topological polar surface area (TPSA) is 117 Å². The number of unbranched alkanes of at least 4 members (excludes halogenated alkanes) is 2. The van der Waals surface area contributed by atoms with Crippen LogP contribution < -0.4 is 21.1 Å². The number of nitrogens with one attached hydrogen (secondary N) is 3. The van der Waals surface area contributed by atoms with Crippen molar-refractivity contribution in [2.45, 2.75) is 45.6 Å². The van der Waals surface area contributed by atoms with Crippen molar-refractivity contribution in [1.82, 2.24) is 5.32 Å². The second-order valence-corrected chi connectivity index (χ2v) is 8.10. The van der Waals surface area contributed by atoms with Gasteiger partial charge >= 0.3 is 0 Å². The number of rotatable bonds is 11. The van der Waals surface area contributed by atoms with Crippen LogP contribution in [0.25, 0.3) is 0 Å². The lowest BCUT2D eigenvalue weighted by atomic mass is 10.1. The first-order chi connectivity index (χ1) is 14.8. The number of carbonyl (C=O) groups is 2. The van der Waals surface area contributed by atoms with Crippen LogP contribution in [0.1, 0.15) is 56.7 Å². The van der Waals surface area contributed by atoms with E-state index in [2.05, 4.69) is 33.5 Å². The largest absolute Gasteiger partial charge is 0.492 e. The van der Waals surface area contributed by atoms with Crippen molar-refractivity contribution in [3.05, 3.63) is 58.1 Å². The van der Waals surface area contributed by atoms with Crippen LogP contribution >= 0.6 is 15.9 Å². The number of anilines is 1. The van der Waals surface area contributed by atoms with Crippen LogP contribution in [0.4, 0.5) is 5.69 Å². The minimum atomic E-state index is -0.419. The monoisotopic (exact) mass is 488 g/mol. The second kappa shape index (κ2) is 12.1. The molecular weight excluding hydrogens is 460 g/mol. The fourth-order valence-electron chi connectivity index (χ4n) is 2.90. The van der Waals surface area contributed by atoms with Gasteiger partial charge in [-0.1, -0.05) is 25.8 Å². The fraction of sp³-hybridized carbons (Fsp3) is 0.348. The molecule has 0 bridgehead atoms. The molecule has 0 saturated carbocycles. The first kappa shape index (κ1) is 24.4. The molecule has 31 heavy (non-hydrogen) atoms. The predicted octanol–water partition coefficient (Wildman–Crippen LogP) is 4.51. The molecule has 1 atom stereocenters. The molecule has 0 aromatic heterocycles. The van der Waals surface area contributed by atoms with Crippen LogP contribution in [-0.4, -0.2) is 24.3 Å². The summed E-state index contributed by atoms with van der Waals surface area (Å²) in [5.74, 6) is -0.0684. The summed E-state index contributed by atoms with van der Waals surface area (Å²) in [6, 6.07) is 12.0. The normalized spacial score (nSPS) is 11.5. The number of amides is 2. The van der Waals surface area contributed by atoms with Crippen LogP contribution in [0.15, 0.2) is 46.9 Å². The van der Waals surface area contributed by atoms with E-state index < -0.39 is 5.91 Å². The molecule has 7 nitrogen and oxygen atoms in total. The average molecular weight is 489 g/mol. The zero-order chi connectivity index (χ0) is 22.8. The maximum atomic E-state index is 12.3. The minimum Gasteiger partial charge on any atom is -0.492 e. The maximum absolute atomic E-state index is 12.3. The zero-order valence-electron chi connectivity index (χ0n) is 17.8. The first-order valence-corrected chi connectivity index (χ1v) is 11.1. The van der Waals surface area contributed by atoms with E-state index in [0.717, 1.165) is 35.0 Å². The van der Waals surface area contributed by atoms with Gasteiger partial charge in [-0.05, 0) is 71.2 Å². The Labute approximate surface area is 191 Å². The Hall–Kier alpha value is -2.87. The number of nitrogens with two attached hydrogens (primary N) is 1. The van der Waals surface area contributed by atoms with Gasteiger partial charge in [0, 0.05) is 11.3 Å². The van der Waals surface area contributed by atoms with E-state index in [1.54, 1.807) is 24.3 Å². The third-order valence-electron chi connectivity index (χ3n) is 4.64. The summed E-state index contributed by atoms with van der Waals surface area (Å²) in [6.45, 7) is 4.68. The Balaban J connectivity index is 1.84. The molecule has 0 fully saturated rings. The van der Waals surface area contributed by atoms with E-state index >= 15 is 0 Å². The number of hydrogen-bond acceptors (Lipinski definition) is 4. The molecular formula is C23H29BrN4O3. The van der Waals surface area contributed by atoms with Crippen molar-refractivity contribution < 1.29 is 14.3 Å². The smallest absolute Gasteiger partial charge is 0.233 e. The maximum Gasteiger partial charge on any atom is 0.233 e. The minimum absolute atomic E-state index is 0.0473. The summed E-state index contributed by atoms with van der Waals surface area (Å²) in [6.07, 6.45) is 3.00. The lowest BCUT2D eigenvalue weighted by molar-refractivity contribution is -0.127. The van der Waals surface area contributed by atoms with Crippen molar-refractivity contribution >= 4 is 39.3 Å². The highest BCUT2D eigenvalue weighted by Crippen LogP contribution is 2.28. The van der Waals surface area contributed by atoms with Crippen LogP contribution in [0.3, 0.4) is 0 Å². The van der Waals surface area contributed by atoms with Crippen molar-refractivity contribution in [3.63, 3.8) is 0 Å². The van der Waals surface area contributed by atoms with E-state index in [1.165, 1.54) is 0 Å². The van der Waals surface area contributed by atoms with Gasteiger partial charge in [-0.25, -0.2) is 0 Å². The van der Waals surface area contributed by atoms with Crippen molar-refractivity contribution in [1.29, 1.82) is 5.41 Å². The molecule has 5 N–H and O–H groups in total. The van der Waals surface area contributed by atoms with Gasteiger partial charge in [0.15, 0.2) is 0 Å². The highest BCUT2D eigenvalue weighted by atomic mass is 79.9. The highest BCUT2D eigenvalue weighted by Gasteiger charge is 2.15. The quantitative estimate of drug-likeness (QED) is 0.161. The van der Waals surface area contributed by atoms with Gasteiger partial charge < -0.3 is 21.1 Å². The third kappa shape index (κ3) is 8.05. The second-order valence-electron chi connectivity index (χ2n) is 7.25. The van der Waals surface area contributed by atoms with Gasteiger partial charge in [-0.15, -0.1) is 0 Å². The van der Waals surface area contributed by atoms with Crippen LogP contribution in [-0.2, 0) is 9.59 Å². The molecule has 0 aliphatic carbocycles. The van der Waals surface area contributed by atoms with Gasteiger partial charge in [-0.2, -0.15) is 0 Å². The number of carbonyl (C=O) groups excluding carboxylic acids is 2. The van der Waals surface area contributed by atoms with Gasteiger partial charge in [0.2, 0.25) is 11.8 Å². The fourth-order valence-corrected chi connectivity index (χ4v) is 3.41. The standard InChI is InChI=1S/C23H29BrN4O3/c1-3-4-5-12-31-20-11-8-17(13-19(20)24)15(2)27-21(29)14-22(30)28-18-9-6-16(7-10-18)23(25)26/h6-11,13,15H,3-5,12,14H2,1-2H3,(H3,25,26)(H,27,29)(H,28,30). The van der Waals surface area contributed by atoms with Crippen LogP contribution in [0.5, 0.6) is 5.75 Å². The molecule has 2 aromatic carbocycles. The van der Waals surface area contributed by atoms with Gasteiger partial charge in [0.05, 0.1) is 17.1 Å². The number of amidine groups is 1. The Morgan fingerprint density at radius 2 is 1.84 bits per heavy atom. The Morgan fingerprint density at radius 1 is 1.13 bits per heavy atom. The average Bonchev–Trinajstić information content (AvgIpc) is 2.72. The van der Waals surface area contributed by atoms with E-state index in [4.69, 9.17) is 15.9 Å². The summed E-state index contributed by atoms with van der Waals surface area (Å²) in [7, 11) is 0. The molecule has 0 heterocycles. The number of hydrogen-bond donors (Lipinski definition) is 4. The molecule has 0 saturated heterocycles. The molecule has 166 valence electrons. The molecule has 8 heteroatoms. The van der Waals surface area contributed by atoms with E-state index in [0.29, 0.717) is 17.9 Å². The summed E-state index contributed by atoms with van der Waals surface area (Å²) >= 11 is 3.52. The van der Waals surface area contributed by atoms with Crippen molar-refractivity contribution in [2.24, 2.45) is 5.73 Å². The number of nitrogen functional groups attached to an aromatic ring is 1. The van der Waals surface area contributed by atoms with E-state index in [1.807, 2.05) is 25.1 Å². The van der Waals surface area contributed by atoms with Crippen molar-refractivity contribution in [2.75, 3.05) is 11.9 Å². The number of benzene rings is 2. The van der Waals surface area contributed by atoms with E-state index in [-0.39, 0.29) is 24.2 Å². The molecule has 0 radical (unpaired) electrons. The molecule has 0 aliphatic heterocycles. The zero-order valence-corrected chi connectivity index (χ0v) is 19.4. The predicted molar refractivity (Wildman–Crippen MR) is 126 cm³/mol. The molecule has 1 unspecified atom stereocenters. The Bertz CT molecular complexity index is 916. The summed E-state index contributed by atoms with van der Waals surface area (Å²) < 4.78 is 6.61. The number of ether oxygens (including phenoxy) is 1. The van der Waals surface area contributed by atoms with Gasteiger partial charge in [0.1, 0.15) is 18.0 Å². The number of halogens is 1. The van der Waals surface area contributed by atoms with Crippen LogP contribution in [0, 0.1) is 5.41 Å². The molecule has 0 spiro atoms. The molecule has 2 amide bonds. The Kier molecular flexibility index (Phi) is 9.52. The lowest BCUT2D eigenvalue weighted by Crippen LogP contribution is -2.30. The summed E-state index contributed by atoms with van der Waals surface area (Å²) in [5, 5.41) is 12.9. The lowest BCUT2D eigenvalue weighted by Gasteiger charge is -2.16. The van der Waals surface area contributed by atoms with Gasteiger partial charge in [0.25, 0.3) is 0 Å². The SMILES string of the molecule is CCCCCOc1ccc(C(C)NC(=O)CC(=O)Nc2ccc(C(=N)N)cc2)cc1Br. The summed E-state index contributed by atoms with van der Waals surface area (Å²) in [4.78, 5) is 24.4. The molecule has 0 aliphatic rings. The van der Waals surface area contributed by atoms with Gasteiger partial charge in [-0.3, -0.25) is 15.0 Å². The molecule has 2 rings (SSSR count).